The smallest absolute Gasteiger partial charge is 0.211 e. The molecule has 0 saturated heterocycles. The summed E-state index contributed by atoms with van der Waals surface area (Å²) < 4.78 is 22.9. The van der Waals surface area contributed by atoms with Gasteiger partial charge in [-0.1, -0.05) is 19.1 Å². The monoisotopic (exact) mass is 134 g/mol. The van der Waals surface area contributed by atoms with Crippen LogP contribution in [0.4, 0.5) is 8.78 Å². The third-order valence-corrected chi connectivity index (χ3v) is 0.954. The minimum Gasteiger partial charge on any atom is -0.211 e. The predicted molar refractivity (Wildman–Crippen MR) is 34.7 cm³/mol. The van der Waals surface area contributed by atoms with Gasteiger partial charge in [-0.25, -0.2) is 8.78 Å². The standard InChI is InChI=1S/C7H12F2/c1-2-3-4-5-6-7(8)9/h3-4,7H,2,5-6H2,1H3. The Morgan fingerprint density at radius 1 is 1.33 bits per heavy atom. The maximum absolute atomic E-state index is 11.4. The molecule has 0 atom stereocenters. The van der Waals surface area contributed by atoms with Gasteiger partial charge < -0.3 is 0 Å². The van der Waals surface area contributed by atoms with Gasteiger partial charge in [0, 0.05) is 6.42 Å². The molecule has 0 bridgehead atoms. The summed E-state index contributed by atoms with van der Waals surface area (Å²) in [6.45, 7) is 1.98. The van der Waals surface area contributed by atoms with Crippen LogP contribution in [0.2, 0.25) is 0 Å². The summed E-state index contributed by atoms with van der Waals surface area (Å²) in [5, 5.41) is 0. The van der Waals surface area contributed by atoms with Gasteiger partial charge in [0.1, 0.15) is 0 Å². The highest BCUT2D eigenvalue weighted by Crippen LogP contribution is 2.03. The summed E-state index contributed by atoms with van der Waals surface area (Å²) in [6, 6.07) is 0. The molecule has 0 saturated carbocycles. The molecule has 0 radical (unpaired) electrons. The first-order chi connectivity index (χ1) is 4.27. The van der Waals surface area contributed by atoms with Crippen LogP contribution in [0.25, 0.3) is 0 Å². The number of rotatable bonds is 4. The van der Waals surface area contributed by atoms with Crippen LogP contribution in [0.3, 0.4) is 0 Å². The van der Waals surface area contributed by atoms with Crippen molar-refractivity contribution in [1.29, 1.82) is 0 Å². The fraction of sp³-hybridized carbons (Fsp3) is 0.714. The highest BCUT2D eigenvalue weighted by Gasteiger charge is 1.97. The Morgan fingerprint density at radius 2 is 2.00 bits per heavy atom. The second-order valence-electron chi connectivity index (χ2n) is 1.85. The lowest BCUT2D eigenvalue weighted by Crippen LogP contribution is -1.86. The summed E-state index contributed by atoms with van der Waals surface area (Å²) in [7, 11) is 0. The molecule has 0 unspecified atom stereocenters. The third kappa shape index (κ3) is 7.60. The van der Waals surface area contributed by atoms with Crippen LogP contribution in [-0.2, 0) is 0 Å². The minimum absolute atomic E-state index is 0.00347. The van der Waals surface area contributed by atoms with E-state index >= 15 is 0 Å². The Hall–Kier alpha value is -0.400. The number of hydrogen-bond donors (Lipinski definition) is 0. The summed E-state index contributed by atoms with van der Waals surface area (Å²) in [4.78, 5) is 0. The Labute approximate surface area is 54.6 Å². The SMILES string of the molecule is CCC=CCCC(F)F. The molecule has 0 N–H and O–H groups in total. The summed E-state index contributed by atoms with van der Waals surface area (Å²) in [5.41, 5.74) is 0. The van der Waals surface area contributed by atoms with E-state index in [2.05, 4.69) is 0 Å². The molecule has 9 heavy (non-hydrogen) atoms. The molecule has 0 spiro atoms. The lowest BCUT2D eigenvalue weighted by atomic mass is 10.3. The topological polar surface area (TPSA) is 0 Å². The van der Waals surface area contributed by atoms with Crippen LogP contribution in [0, 0.1) is 0 Å². The lowest BCUT2D eigenvalue weighted by Gasteiger charge is -1.91. The lowest BCUT2D eigenvalue weighted by molar-refractivity contribution is 0.139. The van der Waals surface area contributed by atoms with E-state index in [1.165, 1.54) is 0 Å². The van der Waals surface area contributed by atoms with Gasteiger partial charge in [0.25, 0.3) is 0 Å². The van der Waals surface area contributed by atoms with Gasteiger partial charge in [0.15, 0.2) is 0 Å². The van der Waals surface area contributed by atoms with Gasteiger partial charge in [-0.05, 0) is 12.8 Å². The van der Waals surface area contributed by atoms with Crippen molar-refractivity contribution in [3.05, 3.63) is 12.2 Å². The minimum atomic E-state index is -2.15. The van der Waals surface area contributed by atoms with Crippen molar-refractivity contribution in [2.45, 2.75) is 32.6 Å². The fourth-order valence-corrected chi connectivity index (χ4v) is 0.507. The van der Waals surface area contributed by atoms with Gasteiger partial charge in [0.05, 0.1) is 0 Å². The molecule has 2 heteroatoms. The fourth-order valence-electron chi connectivity index (χ4n) is 0.507. The van der Waals surface area contributed by atoms with Crippen LogP contribution < -0.4 is 0 Å². The molecule has 0 fully saturated rings. The zero-order chi connectivity index (χ0) is 7.11. The number of allylic oxidation sites excluding steroid dienone is 2. The maximum atomic E-state index is 11.4. The van der Waals surface area contributed by atoms with E-state index in [0.29, 0.717) is 6.42 Å². The van der Waals surface area contributed by atoms with E-state index < -0.39 is 6.43 Å². The zero-order valence-corrected chi connectivity index (χ0v) is 5.61. The molecular weight excluding hydrogens is 122 g/mol. The Bertz CT molecular complexity index is 77.0. The van der Waals surface area contributed by atoms with Crippen LogP contribution in [0.1, 0.15) is 26.2 Å². The van der Waals surface area contributed by atoms with Crippen molar-refractivity contribution >= 4 is 0 Å². The van der Waals surface area contributed by atoms with Crippen LogP contribution in [-0.4, -0.2) is 6.43 Å². The van der Waals surface area contributed by atoms with Crippen molar-refractivity contribution in [2.75, 3.05) is 0 Å². The van der Waals surface area contributed by atoms with Crippen molar-refractivity contribution in [2.24, 2.45) is 0 Å². The van der Waals surface area contributed by atoms with E-state index in [1.54, 1.807) is 6.08 Å². The first kappa shape index (κ1) is 8.60. The average molecular weight is 134 g/mol. The Balaban J connectivity index is 2.99. The molecular formula is C7H12F2. The molecule has 0 aliphatic carbocycles. The molecule has 0 aromatic heterocycles. The van der Waals surface area contributed by atoms with Gasteiger partial charge in [-0.3, -0.25) is 0 Å². The van der Waals surface area contributed by atoms with Crippen LogP contribution in [0.15, 0.2) is 12.2 Å². The van der Waals surface area contributed by atoms with E-state index in [1.807, 2.05) is 13.0 Å². The second-order valence-corrected chi connectivity index (χ2v) is 1.85. The highest BCUT2D eigenvalue weighted by molar-refractivity contribution is 4.79. The summed E-state index contributed by atoms with van der Waals surface area (Å²) >= 11 is 0. The predicted octanol–water partition coefficient (Wildman–Crippen LogP) is 3.00. The maximum Gasteiger partial charge on any atom is 0.238 e. The molecule has 0 amide bonds. The third-order valence-electron chi connectivity index (χ3n) is 0.954. The number of alkyl halides is 2. The first-order valence-corrected chi connectivity index (χ1v) is 3.20. The average Bonchev–Trinajstić information content (AvgIpc) is 1.80. The van der Waals surface area contributed by atoms with E-state index in [9.17, 15) is 8.78 Å². The molecule has 54 valence electrons. The highest BCUT2D eigenvalue weighted by atomic mass is 19.3. The molecule has 0 heterocycles. The number of halogens is 2. The van der Waals surface area contributed by atoms with E-state index in [4.69, 9.17) is 0 Å². The van der Waals surface area contributed by atoms with Crippen molar-refractivity contribution in [3.8, 4) is 0 Å². The van der Waals surface area contributed by atoms with Gasteiger partial charge >= 0.3 is 0 Å². The summed E-state index contributed by atoms with van der Waals surface area (Å²) in [6.07, 6.45) is 2.99. The van der Waals surface area contributed by atoms with Crippen LogP contribution >= 0.6 is 0 Å². The van der Waals surface area contributed by atoms with Crippen LogP contribution in [0.5, 0.6) is 0 Å². The van der Waals surface area contributed by atoms with Gasteiger partial charge in [0.2, 0.25) is 6.43 Å². The molecule has 0 aromatic rings. The Kier molecular flexibility index (Phi) is 5.48. The number of hydrogen-bond acceptors (Lipinski definition) is 0. The summed E-state index contributed by atoms with van der Waals surface area (Å²) in [5.74, 6) is 0. The molecule has 0 aliphatic rings. The largest absolute Gasteiger partial charge is 0.238 e. The molecule has 0 nitrogen and oxygen atoms in total. The zero-order valence-electron chi connectivity index (χ0n) is 5.61. The van der Waals surface area contributed by atoms with Gasteiger partial charge in [-0.15, -0.1) is 0 Å². The molecule has 0 aromatic carbocycles. The van der Waals surface area contributed by atoms with Gasteiger partial charge in [-0.2, -0.15) is 0 Å². The quantitative estimate of drug-likeness (QED) is 0.518. The van der Waals surface area contributed by atoms with E-state index in [-0.39, 0.29) is 6.42 Å². The normalized spacial score (nSPS) is 11.6. The van der Waals surface area contributed by atoms with E-state index in [0.717, 1.165) is 6.42 Å². The molecule has 0 rings (SSSR count). The van der Waals surface area contributed by atoms with Crippen molar-refractivity contribution in [1.82, 2.24) is 0 Å². The van der Waals surface area contributed by atoms with Crippen molar-refractivity contribution < 1.29 is 8.78 Å². The van der Waals surface area contributed by atoms with Crippen molar-refractivity contribution in [3.63, 3.8) is 0 Å². The molecule has 0 aliphatic heterocycles. The second kappa shape index (κ2) is 5.73. The Morgan fingerprint density at radius 3 is 2.44 bits per heavy atom. The first-order valence-electron chi connectivity index (χ1n) is 3.20.